The van der Waals surface area contributed by atoms with Gasteiger partial charge in [0.2, 0.25) is 0 Å². The van der Waals surface area contributed by atoms with Gasteiger partial charge in [-0.25, -0.2) is 4.79 Å². The first-order valence-electron chi connectivity index (χ1n) is 5.91. The Balaban J connectivity index is 2.31. The van der Waals surface area contributed by atoms with Gasteiger partial charge in [-0.05, 0) is 43.2 Å². The van der Waals surface area contributed by atoms with Crippen molar-refractivity contribution >= 4 is 17.6 Å². The van der Waals surface area contributed by atoms with Crippen LogP contribution in [0.1, 0.15) is 31.8 Å². The molecule has 2 rings (SSSR count). The molecule has 0 spiro atoms. The number of carbonyl (C=O) groups is 2. The smallest absolute Gasteiger partial charge is 0.336 e. The van der Waals surface area contributed by atoms with Crippen molar-refractivity contribution in [3.63, 3.8) is 0 Å². The summed E-state index contributed by atoms with van der Waals surface area (Å²) in [7, 11) is 0. The Bertz CT molecular complexity index is 669. The van der Waals surface area contributed by atoms with E-state index < -0.39 is 5.97 Å². The molecule has 1 heterocycles. The number of nitrogens with zero attached hydrogens (tertiary/aromatic N) is 2. The Hall–Kier alpha value is -2.76. The molecule has 0 fully saturated rings. The molecule has 1 aromatic carbocycles. The molecule has 0 aliphatic rings. The number of carbonyl (C=O) groups excluding carboxylic acids is 1. The first-order chi connectivity index (χ1) is 9.49. The minimum atomic E-state index is -1.02. The van der Waals surface area contributed by atoms with Crippen LogP contribution in [0.3, 0.4) is 0 Å². The number of hydrogen-bond acceptors (Lipinski definition) is 4. The molecule has 1 aromatic heterocycles. The quantitative estimate of drug-likeness (QED) is 0.891. The first-order valence-corrected chi connectivity index (χ1v) is 5.91. The number of hydrogen-bond donors (Lipinski definition) is 2. The number of nitrogens with one attached hydrogen (secondary N) is 1. The average Bonchev–Trinajstić information content (AvgIpc) is 2.43. The molecule has 6 nitrogen and oxygen atoms in total. The number of aryl methyl sites for hydroxylation is 1. The molecule has 0 aliphatic carbocycles. The maximum atomic E-state index is 12.0. The van der Waals surface area contributed by atoms with E-state index in [1.165, 1.54) is 24.5 Å². The molecule has 0 radical (unpaired) electrons. The van der Waals surface area contributed by atoms with Crippen LogP contribution in [0, 0.1) is 13.8 Å². The number of carboxylic acids is 1. The van der Waals surface area contributed by atoms with E-state index in [4.69, 9.17) is 5.11 Å². The Morgan fingerprint density at radius 3 is 2.55 bits per heavy atom. The van der Waals surface area contributed by atoms with Crippen LogP contribution in [0.5, 0.6) is 0 Å². The normalized spacial score (nSPS) is 10.1. The number of amides is 1. The molecule has 0 aliphatic heterocycles. The predicted molar refractivity (Wildman–Crippen MR) is 72.9 cm³/mol. The topological polar surface area (TPSA) is 92.2 Å². The Labute approximate surface area is 115 Å². The number of aromatic nitrogens is 2. The SMILES string of the molecule is Cc1cc(NC(=O)c2ccnnc2)cc(C(=O)O)c1C. The van der Waals surface area contributed by atoms with Crippen molar-refractivity contribution in [2.24, 2.45) is 0 Å². The van der Waals surface area contributed by atoms with Crippen molar-refractivity contribution < 1.29 is 14.7 Å². The van der Waals surface area contributed by atoms with Gasteiger partial charge in [0.15, 0.2) is 0 Å². The highest BCUT2D eigenvalue weighted by Crippen LogP contribution is 2.20. The van der Waals surface area contributed by atoms with Crippen molar-refractivity contribution in [2.45, 2.75) is 13.8 Å². The molecule has 6 heteroatoms. The summed E-state index contributed by atoms with van der Waals surface area (Å²) in [5, 5.41) is 19.0. The summed E-state index contributed by atoms with van der Waals surface area (Å²) in [6.07, 6.45) is 2.76. The summed E-state index contributed by atoms with van der Waals surface area (Å²) in [6, 6.07) is 4.70. The lowest BCUT2D eigenvalue weighted by atomic mass is 10.0. The van der Waals surface area contributed by atoms with Crippen molar-refractivity contribution in [3.8, 4) is 0 Å². The van der Waals surface area contributed by atoms with Gasteiger partial charge in [-0.2, -0.15) is 10.2 Å². The van der Waals surface area contributed by atoms with Gasteiger partial charge < -0.3 is 10.4 Å². The van der Waals surface area contributed by atoms with E-state index >= 15 is 0 Å². The third-order valence-corrected chi connectivity index (χ3v) is 3.00. The van der Waals surface area contributed by atoms with Crippen molar-refractivity contribution in [3.05, 3.63) is 52.8 Å². The van der Waals surface area contributed by atoms with Crippen LogP contribution in [0.2, 0.25) is 0 Å². The third-order valence-electron chi connectivity index (χ3n) is 3.00. The van der Waals surface area contributed by atoms with E-state index in [-0.39, 0.29) is 11.5 Å². The zero-order valence-corrected chi connectivity index (χ0v) is 11.0. The molecule has 0 saturated carbocycles. The first kappa shape index (κ1) is 13.7. The zero-order chi connectivity index (χ0) is 14.7. The van der Waals surface area contributed by atoms with Crippen LogP contribution >= 0.6 is 0 Å². The minimum absolute atomic E-state index is 0.174. The zero-order valence-electron chi connectivity index (χ0n) is 11.0. The second kappa shape index (κ2) is 5.48. The molecule has 2 aromatic rings. The van der Waals surface area contributed by atoms with Gasteiger partial charge in [0.1, 0.15) is 0 Å². The minimum Gasteiger partial charge on any atom is -0.478 e. The van der Waals surface area contributed by atoms with Gasteiger partial charge in [0.05, 0.1) is 23.5 Å². The van der Waals surface area contributed by atoms with Gasteiger partial charge in [-0.3, -0.25) is 4.79 Å². The van der Waals surface area contributed by atoms with Crippen molar-refractivity contribution in [2.75, 3.05) is 5.32 Å². The summed E-state index contributed by atoms with van der Waals surface area (Å²) >= 11 is 0. The molecule has 0 saturated heterocycles. The molecule has 0 bridgehead atoms. The molecule has 0 atom stereocenters. The molecular weight excluding hydrogens is 258 g/mol. The average molecular weight is 271 g/mol. The molecule has 102 valence electrons. The molecule has 2 N–H and O–H groups in total. The fourth-order valence-corrected chi connectivity index (χ4v) is 1.78. The molecular formula is C14H13N3O3. The van der Waals surface area contributed by atoms with E-state index in [0.29, 0.717) is 16.8 Å². The van der Waals surface area contributed by atoms with Gasteiger partial charge in [-0.15, -0.1) is 0 Å². The number of aromatic carboxylic acids is 1. The summed E-state index contributed by atoms with van der Waals surface area (Å²) in [4.78, 5) is 23.1. The second-order valence-electron chi connectivity index (χ2n) is 4.36. The maximum Gasteiger partial charge on any atom is 0.336 e. The summed E-state index contributed by atoms with van der Waals surface area (Å²) in [5.41, 5.74) is 2.45. The highest BCUT2D eigenvalue weighted by atomic mass is 16.4. The largest absolute Gasteiger partial charge is 0.478 e. The van der Waals surface area contributed by atoms with Crippen molar-refractivity contribution in [1.82, 2.24) is 10.2 Å². The van der Waals surface area contributed by atoms with Gasteiger partial charge in [0.25, 0.3) is 5.91 Å². The van der Waals surface area contributed by atoms with Crippen LogP contribution in [0.15, 0.2) is 30.6 Å². The standard InChI is InChI=1S/C14H13N3O3/c1-8-5-11(6-12(9(8)2)14(19)20)17-13(18)10-3-4-15-16-7-10/h3-7H,1-2H3,(H,17,18)(H,19,20). The number of benzene rings is 1. The number of rotatable bonds is 3. The van der Waals surface area contributed by atoms with Gasteiger partial charge in [-0.1, -0.05) is 0 Å². The molecule has 1 amide bonds. The fraction of sp³-hybridized carbons (Fsp3) is 0.143. The Morgan fingerprint density at radius 1 is 1.20 bits per heavy atom. The lowest BCUT2D eigenvalue weighted by Gasteiger charge is -2.10. The van der Waals surface area contributed by atoms with E-state index in [9.17, 15) is 9.59 Å². The van der Waals surface area contributed by atoms with Crippen LogP contribution in [0.4, 0.5) is 5.69 Å². The highest BCUT2D eigenvalue weighted by molar-refractivity contribution is 6.04. The van der Waals surface area contributed by atoms with Crippen LogP contribution in [0.25, 0.3) is 0 Å². The van der Waals surface area contributed by atoms with Crippen LogP contribution in [-0.4, -0.2) is 27.2 Å². The Morgan fingerprint density at radius 2 is 1.95 bits per heavy atom. The molecule has 0 unspecified atom stereocenters. The van der Waals surface area contributed by atoms with E-state index in [1.807, 2.05) is 0 Å². The Kier molecular flexibility index (Phi) is 3.74. The lowest BCUT2D eigenvalue weighted by molar-refractivity contribution is 0.0695. The summed E-state index contributed by atoms with van der Waals surface area (Å²) in [5.74, 6) is -1.38. The van der Waals surface area contributed by atoms with E-state index in [1.54, 1.807) is 19.9 Å². The van der Waals surface area contributed by atoms with Crippen LogP contribution in [-0.2, 0) is 0 Å². The van der Waals surface area contributed by atoms with E-state index in [0.717, 1.165) is 5.56 Å². The fourth-order valence-electron chi connectivity index (χ4n) is 1.78. The summed E-state index contributed by atoms with van der Waals surface area (Å²) in [6.45, 7) is 3.53. The van der Waals surface area contributed by atoms with Gasteiger partial charge >= 0.3 is 5.97 Å². The predicted octanol–water partition coefficient (Wildman–Crippen LogP) is 2.04. The maximum absolute atomic E-state index is 12.0. The number of carboxylic acid groups (broad SMARTS) is 1. The monoisotopic (exact) mass is 271 g/mol. The highest BCUT2D eigenvalue weighted by Gasteiger charge is 2.13. The van der Waals surface area contributed by atoms with Crippen LogP contribution < -0.4 is 5.32 Å². The lowest BCUT2D eigenvalue weighted by Crippen LogP contribution is -2.13. The van der Waals surface area contributed by atoms with E-state index in [2.05, 4.69) is 15.5 Å². The molecule has 20 heavy (non-hydrogen) atoms. The van der Waals surface area contributed by atoms with Crippen molar-refractivity contribution in [1.29, 1.82) is 0 Å². The summed E-state index contributed by atoms with van der Waals surface area (Å²) < 4.78 is 0. The second-order valence-corrected chi connectivity index (χ2v) is 4.36. The number of anilines is 1. The third kappa shape index (κ3) is 2.80. The van der Waals surface area contributed by atoms with Gasteiger partial charge in [0, 0.05) is 5.69 Å².